The lowest BCUT2D eigenvalue weighted by Gasteiger charge is -2.43. The minimum absolute atomic E-state index is 0.0192. The third-order valence-corrected chi connectivity index (χ3v) is 5.27. The Hall–Kier alpha value is -1.50. The number of fused-ring (bicyclic) bond motifs is 1. The Morgan fingerprint density at radius 1 is 1.38 bits per heavy atom. The first-order valence-corrected chi connectivity index (χ1v) is 7.59. The van der Waals surface area contributed by atoms with Crippen molar-refractivity contribution >= 4 is 40.1 Å². The minimum atomic E-state index is -1.15. The van der Waals surface area contributed by atoms with Gasteiger partial charge in [0.25, 0.3) is 0 Å². The number of hydrogen-bond donors (Lipinski definition) is 2. The number of carbonyl (C=O) groups is 2. The van der Waals surface area contributed by atoms with Gasteiger partial charge in [-0.15, -0.1) is 0 Å². The highest BCUT2D eigenvalue weighted by Gasteiger charge is 2.57. The highest BCUT2D eigenvalue weighted by molar-refractivity contribution is 8.09. The van der Waals surface area contributed by atoms with Gasteiger partial charge < -0.3 is 10.2 Å². The van der Waals surface area contributed by atoms with Gasteiger partial charge in [0.15, 0.2) is 0 Å². The van der Waals surface area contributed by atoms with E-state index in [0.29, 0.717) is 15.5 Å². The summed E-state index contributed by atoms with van der Waals surface area (Å²) in [6.45, 7) is 1.54. The number of benzene rings is 1. The van der Waals surface area contributed by atoms with E-state index in [9.17, 15) is 19.8 Å². The van der Waals surface area contributed by atoms with Crippen molar-refractivity contribution in [2.24, 2.45) is 5.92 Å². The number of nitrogens with zero attached hydrogens (tertiary/aromatic N) is 1. The third kappa shape index (κ3) is 2.14. The average molecular weight is 326 g/mol. The Balaban J connectivity index is 2.02. The molecular weight excluding hydrogens is 314 g/mol. The van der Waals surface area contributed by atoms with Crippen molar-refractivity contribution < 1.29 is 19.8 Å². The Morgan fingerprint density at radius 3 is 2.52 bits per heavy atom. The fraction of sp³-hybridized carbons (Fsp3) is 0.286. The molecule has 1 aromatic rings. The molecule has 110 valence electrons. The van der Waals surface area contributed by atoms with Crippen LogP contribution in [0.5, 0.6) is 0 Å². The summed E-state index contributed by atoms with van der Waals surface area (Å²) in [5.74, 6) is -2.05. The lowest BCUT2D eigenvalue weighted by atomic mass is 9.92. The van der Waals surface area contributed by atoms with Crippen LogP contribution in [0.15, 0.2) is 30.0 Å². The van der Waals surface area contributed by atoms with E-state index in [1.54, 1.807) is 31.2 Å². The number of amides is 1. The first-order valence-electron chi connectivity index (χ1n) is 6.33. The molecule has 2 N–H and O–H groups in total. The number of thioether (sulfide) groups is 1. The van der Waals surface area contributed by atoms with E-state index in [-0.39, 0.29) is 17.0 Å². The second-order valence-corrected chi connectivity index (χ2v) is 6.54. The Labute approximate surface area is 130 Å². The van der Waals surface area contributed by atoms with E-state index >= 15 is 0 Å². The SMILES string of the molecule is C[C@@H](O)[C@H]1C(=O)N2C(C(=O)O)=C(c3ccc(Cl)cc3)S[C@H]12. The Kier molecular flexibility index (Phi) is 3.47. The number of aliphatic hydroxyl groups excluding tert-OH is 1. The van der Waals surface area contributed by atoms with Crippen LogP contribution in [0, 0.1) is 5.92 Å². The molecular formula is C14H12ClNO4S. The number of aliphatic hydroxyl groups is 1. The summed E-state index contributed by atoms with van der Waals surface area (Å²) in [5.41, 5.74) is 0.683. The molecule has 2 heterocycles. The van der Waals surface area contributed by atoms with Gasteiger partial charge >= 0.3 is 5.97 Å². The molecule has 0 aliphatic carbocycles. The minimum Gasteiger partial charge on any atom is -0.477 e. The van der Waals surface area contributed by atoms with Gasteiger partial charge in [-0.05, 0) is 24.6 Å². The number of carboxylic acid groups (broad SMARTS) is 1. The number of rotatable bonds is 3. The standard InChI is InChI=1S/C14H12ClNO4S/c1-6(17)9-12(18)16-10(14(19)20)11(21-13(9)16)7-2-4-8(15)5-3-7/h2-6,9,13,17H,1H3,(H,19,20)/t6-,9+,13-/m1/s1. The molecule has 1 aromatic carbocycles. The van der Waals surface area contributed by atoms with Crippen LogP contribution in [0.2, 0.25) is 5.02 Å². The van der Waals surface area contributed by atoms with Crippen LogP contribution < -0.4 is 0 Å². The third-order valence-electron chi connectivity index (χ3n) is 3.61. The van der Waals surface area contributed by atoms with Crippen LogP contribution >= 0.6 is 23.4 Å². The van der Waals surface area contributed by atoms with Gasteiger partial charge in [-0.1, -0.05) is 35.5 Å². The van der Waals surface area contributed by atoms with Crippen molar-refractivity contribution in [3.63, 3.8) is 0 Å². The van der Waals surface area contributed by atoms with Crippen LogP contribution in [0.1, 0.15) is 12.5 Å². The summed E-state index contributed by atoms with van der Waals surface area (Å²) in [5, 5.41) is 19.3. The second kappa shape index (κ2) is 5.05. The summed E-state index contributed by atoms with van der Waals surface area (Å²) in [6.07, 6.45) is -0.800. The quantitative estimate of drug-likeness (QED) is 0.831. The van der Waals surface area contributed by atoms with Crippen molar-refractivity contribution in [3.05, 3.63) is 40.5 Å². The molecule has 3 rings (SSSR count). The molecule has 1 amide bonds. The molecule has 1 fully saturated rings. The molecule has 0 aromatic heterocycles. The van der Waals surface area contributed by atoms with Crippen LogP contribution in [-0.2, 0) is 9.59 Å². The van der Waals surface area contributed by atoms with Crippen LogP contribution in [0.3, 0.4) is 0 Å². The van der Waals surface area contributed by atoms with Gasteiger partial charge in [0.1, 0.15) is 11.1 Å². The van der Waals surface area contributed by atoms with E-state index in [4.69, 9.17) is 11.6 Å². The van der Waals surface area contributed by atoms with Gasteiger partial charge in [0.05, 0.1) is 12.0 Å². The molecule has 3 atom stereocenters. The fourth-order valence-electron chi connectivity index (χ4n) is 2.59. The van der Waals surface area contributed by atoms with Crippen molar-refractivity contribution in [2.75, 3.05) is 0 Å². The summed E-state index contributed by atoms with van der Waals surface area (Å²) in [7, 11) is 0. The maximum Gasteiger partial charge on any atom is 0.353 e. The van der Waals surface area contributed by atoms with E-state index in [2.05, 4.69) is 0 Å². The largest absolute Gasteiger partial charge is 0.477 e. The topological polar surface area (TPSA) is 77.8 Å². The van der Waals surface area contributed by atoms with Crippen molar-refractivity contribution in [3.8, 4) is 0 Å². The lowest BCUT2D eigenvalue weighted by Crippen LogP contribution is -2.60. The first-order chi connectivity index (χ1) is 9.91. The number of hydrogen-bond acceptors (Lipinski definition) is 4. The number of carbonyl (C=O) groups excluding carboxylic acids is 1. The predicted octanol–water partition coefficient (Wildman–Crippen LogP) is 2.01. The molecule has 2 aliphatic heterocycles. The van der Waals surface area contributed by atoms with Crippen LogP contribution in [-0.4, -0.2) is 38.5 Å². The molecule has 0 radical (unpaired) electrons. The molecule has 7 heteroatoms. The van der Waals surface area contributed by atoms with Crippen molar-refractivity contribution in [1.29, 1.82) is 0 Å². The maximum absolute atomic E-state index is 12.1. The van der Waals surface area contributed by atoms with Gasteiger partial charge in [-0.3, -0.25) is 9.69 Å². The monoisotopic (exact) mass is 325 g/mol. The lowest BCUT2D eigenvalue weighted by molar-refractivity contribution is -0.156. The molecule has 0 spiro atoms. The smallest absolute Gasteiger partial charge is 0.353 e. The molecule has 0 bridgehead atoms. The molecule has 5 nitrogen and oxygen atoms in total. The molecule has 1 saturated heterocycles. The van der Waals surface area contributed by atoms with Crippen molar-refractivity contribution in [1.82, 2.24) is 4.90 Å². The Bertz CT molecular complexity index is 655. The number of aliphatic carboxylic acids is 1. The van der Waals surface area contributed by atoms with E-state index in [1.807, 2.05) is 0 Å². The average Bonchev–Trinajstić information content (AvgIpc) is 2.74. The zero-order valence-electron chi connectivity index (χ0n) is 11.0. The van der Waals surface area contributed by atoms with Gasteiger partial charge in [0.2, 0.25) is 5.91 Å². The zero-order valence-corrected chi connectivity index (χ0v) is 12.6. The Morgan fingerprint density at radius 2 is 2.00 bits per heavy atom. The van der Waals surface area contributed by atoms with E-state index in [0.717, 1.165) is 0 Å². The number of halogens is 1. The molecule has 0 saturated carbocycles. The number of carboxylic acids is 1. The fourth-order valence-corrected chi connectivity index (χ4v) is 4.33. The highest BCUT2D eigenvalue weighted by atomic mass is 35.5. The highest BCUT2D eigenvalue weighted by Crippen LogP contribution is 2.53. The summed E-state index contributed by atoms with van der Waals surface area (Å²) < 4.78 is 0. The second-order valence-electron chi connectivity index (χ2n) is 4.97. The van der Waals surface area contributed by atoms with Gasteiger partial charge in [-0.2, -0.15) is 0 Å². The van der Waals surface area contributed by atoms with Gasteiger partial charge in [-0.25, -0.2) is 4.79 Å². The van der Waals surface area contributed by atoms with Gasteiger partial charge in [0, 0.05) is 9.93 Å². The van der Waals surface area contributed by atoms with E-state index < -0.39 is 18.0 Å². The molecule has 2 aliphatic rings. The zero-order chi connectivity index (χ0) is 15.3. The normalized spacial score (nSPS) is 25.7. The van der Waals surface area contributed by atoms with Crippen LogP contribution in [0.25, 0.3) is 4.91 Å². The van der Waals surface area contributed by atoms with Crippen molar-refractivity contribution in [2.45, 2.75) is 18.4 Å². The summed E-state index contributed by atoms with van der Waals surface area (Å²) in [6, 6.07) is 6.80. The predicted molar refractivity (Wildman–Crippen MR) is 79.4 cm³/mol. The first kappa shape index (κ1) is 14.4. The summed E-state index contributed by atoms with van der Waals surface area (Å²) >= 11 is 7.13. The molecule has 0 unspecified atom stereocenters. The van der Waals surface area contributed by atoms with E-state index in [1.165, 1.54) is 16.7 Å². The number of β-lactam (4-membered cyclic amide) rings is 1. The van der Waals surface area contributed by atoms with Crippen LogP contribution in [0.4, 0.5) is 0 Å². The maximum atomic E-state index is 12.1. The molecule has 21 heavy (non-hydrogen) atoms. The summed E-state index contributed by atoms with van der Waals surface area (Å²) in [4.78, 5) is 25.4.